The van der Waals surface area contributed by atoms with Crippen LogP contribution in [0.25, 0.3) is 16.3 Å². The number of fused-ring (bicyclic) bond motifs is 1. The quantitative estimate of drug-likeness (QED) is 0.668. The van der Waals surface area contributed by atoms with Crippen LogP contribution in [0, 0.1) is 0 Å². The molecule has 0 saturated heterocycles. The fraction of sp³-hybridized carbons (Fsp3) is 0.182. The number of hydrogen-bond donors (Lipinski definition) is 0. The summed E-state index contributed by atoms with van der Waals surface area (Å²) in [5, 5.41) is 13.4. The summed E-state index contributed by atoms with van der Waals surface area (Å²) in [6.45, 7) is 1.90. The van der Waals surface area contributed by atoms with Crippen LogP contribution in [0.3, 0.4) is 0 Å². The van der Waals surface area contributed by atoms with Crippen molar-refractivity contribution in [2.24, 2.45) is 0 Å². The summed E-state index contributed by atoms with van der Waals surface area (Å²) in [5.74, 6) is 0.750. The summed E-state index contributed by atoms with van der Waals surface area (Å²) >= 11 is 7.48. The minimum absolute atomic E-state index is 0.106. The molecule has 2 heterocycles. The highest BCUT2D eigenvalue weighted by molar-refractivity contribution is 7.17. The van der Waals surface area contributed by atoms with E-state index in [1.54, 1.807) is 4.52 Å². The maximum absolute atomic E-state index is 6.02. The van der Waals surface area contributed by atoms with Crippen molar-refractivity contribution in [2.45, 2.75) is 12.3 Å². The molecule has 0 spiro atoms. The monoisotopic (exact) mass is 264 g/mol. The third-order valence-corrected chi connectivity index (χ3v) is 3.80. The van der Waals surface area contributed by atoms with E-state index in [1.165, 1.54) is 11.3 Å². The van der Waals surface area contributed by atoms with Crippen LogP contribution < -0.4 is 0 Å². The van der Waals surface area contributed by atoms with Crippen molar-refractivity contribution in [1.82, 2.24) is 19.8 Å². The average Bonchev–Trinajstić information content (AvgIpc) is 2.89. The van der Waals surface area contributed by atoms with Crippen molar-refractivity contribution < 1.29 is 0 Å². The zero-order valence-corrected chi connectivity index (χ0v) is 10.6. The first kappa shape index (κ1) is 10.7. The van der Waals surface area contributed by atoms with Crippen molar-refractivity contribution in [3.05, 3.63) is 35.3 Å². The summed E-state index contributed by atoms with van der Waals surface area (Å²) in [6, 6.07) is 9.87. The van der Waals surface area contributed by atoms with Gasteiger partial charge in [-0.05, 0) is 6.92 Å². The molecule has 2 aromatic heterocycles. The molecule has 0 aliphatic heterocycles. The van der Waals surface area contributed by atoms with E-state index < -0.39 is 0 Å². The van der Waals surface area contributed by atoms with Gasteiger partial charge in [-0.25, -0.2) is 0 Å². The van der Waals surface area contributed by atoms with Gasteiger partial charge in [0.25, 0.3) is 0 Å². The first-order valence-electron chi connectivity index (χ1n) is 5.17. The van der Waals surface area contributed by atoms with Crippen molar-refractivity contribution in [2.75, 3.05) is 0 Å². The molecule has 0 bridgehead atoms. The lowest BCUT2D eigenvalue weighted by molar-refractivity contribution is 0.894. The summed E-state index contributed by atoms with van der Waals surface area (Å²) in [5.41, 5.74) is 0.999. The van der Waals surface area contributed by atoms with Crippen LogP contribution in [0.1, 0.15) is 17.3 Å². The van der Waals surface area contributed by atoms with Crippen LogP contribution in [-0.2, 0) is 0 Å². The lowest BCUT2D eigenvalue weighted by Crippen LogP contribution is -1.92. The predicted molar refractivity (Wildman–Crippen MR) is 68.4 cm³/mol. The van der Waals surface area contributed by atoms with Gasteiger partial charge in [0, 0.05) is 5.56 Å². The Hall–Kier alpha value is -1.46. The molecule has 0 saturated carbocycles. The second-order valence-corrected chi connectivity index (χ2v) is 5.28. The molecule has 3 rings (SSSR count). The average molecular weight is 265 g/mol. The summed E-state index contributed by atoms with van der Waals surface area (Å²) in [4.78, 5) is 0.770. The molecule has 1 unspecified atom stereocenters. The van der Waals surface area contributed by atoms with Crippen molar-refractivity contribution in [1.29, 1.82) is 0 Å². The molecule has 6 heteroatoms. The Kier molecular flexibility index (Phi) is 2.57. The molecule has 4 nitrogen and oxygen atoms in total. The standard InChI is InChI=1S/C11H9ClN4S/c1-7(12)10-15-16-9(13-14-11(16)17-10)8-5-3-2-4-6-8/h2-7H,1H3. The fourth-order valence-corrected chi connectivity index (χ4v) is 2.50. The largest absolute Gasteiger partial charge is 0.235 e. The molecule has 0 N–H and O–H groups in total. The molecule has 0 radical (unpaired) electrons. The van der Waals surface area contributed by atoms with E-state index in [-0.39, 0.29) is 5.38 Å². The molecule has 17 heavy (non-hydrogen) atoms. The molecule has 1 aromatic carbocycles. The van der Waals surface area contributed by atoms with E-state index in [0.717, 1.165) is 21.4 Å². The van der Waals surface area contributed by atoms with Gasteiger partial charge in [-0.3, -0.25) is 0 Å². The van der Waals surface area contributed by atoms with Gasteiger partial charge in [-0.1, -0.05) is 41.7 Å². The lowest BCUT2D eigenvalue weighted by atomic mass is 10.2. The van der Waals surface area contributed by atoms with E-state index >= 15 is 0 Å². The maximum atomic E-state index is 6.02. The Morgan fingerprint density at radius 3 is 2.71 bits per heavy atom. The molecule has 0 aliphatic carbocycles. The number of benzene rings is 1. The van der Waals surface area contributed by atoms with Gasteiger partial charge in [0.05, 0.1) is 5.38 Å². The van der Waals surface area contributed by atoms with Gasteiger partial charge in [-0.15, -0.1) is 21.8 Å². The van der Waals surface area contributed by atoms with E-state index in [1.807, 2.05) is 37.3 Å². The Morgan fingerprint density at radius 1 is 1.24 bits per heavy atom. The molecule has 1 atom stereocenters. The maximum Gasteiger partial charge on any atom is 0.235 e. The van der Waals surface area contributed by atoms with E-state index in [0.29, 0.717) is 0 Å². The molecular formula is C11H9ClN4S. The highest BCUT2D eigenvalue weighted by Gasteiger charge is 2.15. The normalized spacial score (nSPS) is 13.1. The SMILES string of the molecule is CC(Cl)c1nn2c(-c3ccccc3)nnc2s1. The third kappa shape index (κ3) is 1.81. The topological polar surface area (TPSA) is 43.1 Å². The van der Waals surface area contributed by atoms with E-state index in [2.05, 4.69) is 15.3 Å². The Balaban J connectivity index is 2.18. The Bertz CT molecular complexity index is 644. The molecule has 0 amide bonds. The van der Waals surface area contributed by atoms with Gasteiger partial charge in [0.1, 0.15) is 5.01 Å². The molecule has 86 valence electrons. The van der Waals surface area contributed by atoms with Crippen LogP contribution in [-0.4, -0.2) is 19.8 Å². The third-order valence-electron chi connectivity index (χ3n) is 2.38. The highest BCUT2D eigenvalue weighted by atomic mass is 35.5. The number of aromatic nitrogens is 4. The van der Waals surface area contributed by atoms with Crippen LogP contribution >= 0.6 is 22.9 Å². The van der Waals surface area contributed by atoms with E-state index in [9.17, 15) is 0 Å². The zero-order valence-electron chi connectivity index (χ0n) is 9.04. The smallest absolute Gasteiger partial charge is 0.183 e. The van der Waals surface area contributed by atoms with Gasteiger partial charge >= 0.3 is 0 Å². The Morgan fingerprint density at radius 2 is 2.00 bits per heavy atom. The van der Waals surface area contributed by atoms with Gasteiger partial charge < -0.3 is 0 Å². The number of alkyl halides is 1. The number of rotatable bonds is 2. The molecule has 3 aromatic rings. The second-order valence-electron chi connectivity index (χ2n) is 3.64. The zero-order chi connectivity index (χ0) is 11.8. The minimum Gasteiger partial charge on any atom is -0.183 e. The molecule has 0 fully saturated rings. The first-order valence-corrected chi connectivity index (χ1v) is 6.42. The van der Waals surface area contributed by atoms with Crippen LogP contribution in [0.5, 0.6) is 0 Å². The van der Waals surface area contributed by atoms with Gasteiger partial charge in [-0.2, -0.15) is 9.61 Å². The highest BCUT2D eigenvalue weighted by Crippen LogP contribution is 2.27. The van der Waals surface area contributed by atoms with Crippen LogP contribution in [0.2, 0.25) is 0 Å². The van der Waals surface area contributed by atoms with Gasteiger partial charge in [0.15, 0.2) is 5.82 Å². The number of halogens is 1. The second kappa shape index (κ2) is 4.09. The molecule has 0 aliphatic rings. The predicted octanol–water partition coefficient (Wildman–Crippen LogP) is 3.15. The van der Waals surface area contributed by atoms with Crippen molar-refractivity contribution >= 4 is 27.9 Å². The molecular weight excluding hydrogens is 256 g/mol. The summed E-state index contributed by atoms with van der Waals surface area (Å²) in [6.07, 6.45) is 0. The lowest BCUT2D eigenvalue weighted by Gasteiger charge is -1.96. The summed E-state index contributed by atoms with van der Waals surface area (Å²) < 4.78 is 1.74. The Labute approximate surface area is 107 Å². The van der Waals surface area contributed by atoms with Crippen LogP contribution in [0.15, 0.2) is 30.3 Å². The van der Waals surface area contributed by atoms with Crippen molar-refractivity contribution in [3.63, 3.8) is 0 Å². The number of hydrogen-bond acceptors (Lipinski definition) is 4. The number of nitrogens with zero attached hydrogens (tertiary/aromatic N) is 4. The fourth-order valence-electron chi connectivity index (χ4n) is 1.56. The first-order chi connectivity index (χ1) is 8.25. The van der Waals surface area contributed by atoms with Crippen LogP contribution in [0.4, 0.5) is 0 Å². The van der Waals surface area contributed by atoms with Crippen molar-refractivity contribution in [3.8, 4) is 11.4 Å². The summed E-state index contributed by atoms with van der Waals surface area (Å²) in [7, 11) is 0. The minimum atomic E-state index is -0.106. The van der Waals surface area contributed by atoms with Gasteiger partial charge in [0.2, 0.25) is 4.96 Å². The van der Waals surface area contributed by atoms with E-state index in [4.69, 9.17) is 11.6 Å².